The fourth-order valence-electron chi connectivity index (χ4n) is 1.23. The van der Waals surface area contributed by atoms with E-state index in [0.717, 1.165) is 17.7 Å². The quantitative estimate of drug-likeness (QED) is 0.422. The third-order valence-electron chi connectivity index (χ3n) is 2.08. The molecule has 16 heavy (non-hydrogen) atoms. The van der Waals surface area contributed by atoms with Crippen LogP contribution in [0.2, 0.25) is 0 Å². The van der Waals surface area contributed by atoms with E-state index in [2.05, 4.69) is 22.7 Å². The zero-order valence-corrected chi connectivity index (χ0v) is 9.92. The highest BCUT2D eigenvalue weighted by Gasteiger charge is 2.00. The Morgan fingerprint density at radius 2 is 2.06 bits per heavy atom. The van der Waals surface area contributed by atoms with E-state index in [1.807, 2.05) is 19.1 Å². The topological polar surface area (TPSA) is 70.6 Å². The van der Waals surface area contributed by atoms with Crippen molar-refractivity contribution in [1.29, 1.82) is 0 Å². The van der Waals surface area contributed by atoms with Crippen molar-refractivity contribution in [3.8, 4) is 5.75 Å². The van der Waals surface area contributed by atoms with Gasteiger partial charge in [0.25, 0.3) is 0 Å². The van der Waals surface area contributed by atoms with Crippen LogP contribution in [-0.4, -0.2) is 15.9 Å². The van der Waals surface area contributed by atoms with Gasteiger partial charge < -0.3 is 10.8 Å². The Bertz CT molecular complexity index is 387. The molecule has 0 aliphatic heterocycles. The minimum absolute atomic E-state index is 0.164. The lowest BCUT2D eigenvalue weighted by atomic mass is 10.1. The Labute approximate surface area is 100 Å². The van der Waals surface area contributed by atoms with Gasteiger partial charge in [-0.1, -0.05) is 19.1 Å². The molecule has 0 saturated heterocycles. The maximum absolute atomic E-state index is 9.15. The SMILES string of the molecule is CCC(Cc1ccc(O)cc1)=NNC(N)=S. The number of nitrogens with zero attached hydrogens (tertiary/aromatic N) is 1. The van der Waals surface area contributed by atoms with Crippen molar-refractivity contribution in [2.75, 3.05) is 0 Å². The molecule has 0 aliphatic carbocycles. The van der Waals surface area contributed by atoms with E-state index in [9.17, 15) is 0 Å². The molecular formula is C11H15N3OS. The van der Waals surface area contributed by atoms with E-state index in [1.165, 1.54) is 0 Å². The van der Waals surface area contributed by atoms with Crippen molar-refractivity contribution in [3.63, 3.8) is 0 Å². The van der Waals surface area contributed by atoms with Crippen molar-refractivity contribution in [1.82, 2.24) is 5.43 Å². The molecule has 0 radical (unpaired) electrons. The number of rotatable bonds is 4. The summed E-state index contributed by atoms with van der Waals surface area (Å²) < 4.78 is 0. The number of hydrogen-bond donors (Lipinski definition) is 3. The van der Waals surface area contributed by atoms with Crippen LogP contribution >= 0.6 is 12.2 Å². The van der Waals surface area contributed by atoms with Crippen molar-refractivity contribution in [2.24, 2.45) is 10.8 Å². The highest BCUT2D eigenvalue weighted by atomic mass is 32.1. The van der Waals surface area contributed by atoms with E-state index in [4.69, 9.17) is 10.8 Å². The number of phenolic OH excluding ortho intramolecular Hbond substituents is 1. The molecule has 0 saturated carbocycles. The molecule has 1 aromatic carbocycles. The molecule has 0 spiro atoms. The summed E-state index contributed by atoms with van der Waals surface area (Å²) in [6, 6.07) is 7.04. The molecule has 0 aromatic heterocycles. The Balaban J connectivity index is 2.66. The Morgan fingerprint density at radius 1 is 1.44 bits per heavy atom. The second kappa shape index (κ2) is 6.07. The first-order valence-electron chi connectivity index (χ1n) is 5.00. The molecule has 4 N–H and O–H groups in total. The smallest absolute Gasteiger partial charge is 0.184 e. The molecule has 5 heteroatoms. The molecule has 0 aliphatic rings. The molecule has 0 bridgehead atoms. The Hall–Kier alpha value is -1.62. The lowest BCUT2D eigenvalue weighted by Crippen LogP contribution is -2.25. The van der Waals surface area contributed by atoms with Crippen LogP contribution in [-0.2, 0) is 6.42 Å². The van der Waals surface area contributed by atoms with Crippen molar-refractivity contribution < 1.29 is 5.11 Å². The van der Waals surface area contributed by atoms with Gasteiger partial charge in [0.05, 0.1) is 0 Å². The first-order valence-corrected chi connectivity index (χ1v) is 5.41. The second-order valence-corrected chi connectivity index (χ2v) is 3.79. The highest BCUT2D eigenvalue weighted by Crippen LogP contribution is 2.11. The van der Waals surface area contributed by atoms with E-state index in [1.54, 1.807) is 12.1 Å². The average Bonchev–Trinajstić information content (AvgIpc) is 2.26. The maximum atomic E-state index is 9.15. The normalized spacial score (nSPS) is 11.2. The summed E-state index contributed by atoms with van der Waals surface area (Å²) in [6.45, 7) is 2.01. The van der Waals surface area contributed by atoms with Crippen LogP contribution < -0.4 is 11.2 Å². The molecule has 0 heterocycles. The number of hydrazone groups is 1. The monoisotopic (exact) mass is 237 g/mol. The number of aromatic hydroxyl groups is 1. The fraction of sp³-hybridized carbons (Fsp3) is 0.273. The van der Waals surface area contributed by atoms with Crippen LogP contribution in [0.4, 0.5) is 0 Å². The van der Waals surface area contributed by atoms with E-state index < -0.39 is 0 Å². The fourth-order valence-corrected chi connectivity index (χ4v) is 1.27. The zero-order valence-electron chi connectivity index (χ0n) is 9.10. The Morgan fingerprint density at radius 3 is 2.56 bits per heavy atom. The van der Waals surface area contributed by atoms with Crippen LogP contribution in [0.25, 0.3) is 0 Å². The summed E-state index contributed by atoms with van der Waals surface area (Å²) in [6.07, 6.45) is 1.53. The van der Waals surface area contributed by atoms with Gasteiger partial charge in [-0.3, -0.25) is 5.43 Å². The lowest BCUT2D eigenvalue weighted by molar-refractivity contribution is 0.475. The molecule has 1 rings (SSSR count). The number of nitrogens with one attached hydrogen (secondary N) is 1. The molecular weight excluding hydrogens is 222 g/mol. The molecule has 0 fully saturated rings. The van der Waals surface area contributed by atoms with Crippen LogP contribution in [0.15, 0.2) is 29.4 Å². The minimum atomic E-state index is 0.164. The van der Waals surface area contributed by atoms with Gasteiger partial charge in [0.1, 0.15) is 5.75 Å². The second-order valence-electron chi connectivity index (χ2n) is 3.35. The standard InChI is InChI=1S/C11H15N3OS/c1-2-9(13-14-11(12)16)7-8-3-5-10(15)6-4-8/h3-6,15H,2,7H2,1H3,(H3,12,14,16). The van der Waals surface area contributed by atoms with Gasteiger partial charge in [-0.25, -0.2) is 0 Å². The number of hydrogen-bond acceptors (Lipinski definition) is 3. The van der Waals surface area contributed by atoms with Gasteiger partial charge in [-0.2, -0.15) is 5.10 Å². The molecule has 1 aromatic rings. The first-order chi connectivity index (χ1) is 7.61. The summed E-state index contributed by atoms with van der Waals surface area (Å²) in [5.41, 5.74) is 9.91. The highest BCUT2D eigenvalue weighted by molar-refractivity contribution is 7.80. The van der Waals surface area contributed by atoms with Gasteiger partial charge in [0.2, 0.25) is 0 Å². The van der Waals surface area contributed by atoms with E-state index in [0.29, 0.717) is 6.42 Å². The van der Waals surface area contributed by atoms with Crippen LogP contribution in [0, 0.1) is 0 Å². The third kappa shape index (κ3) is 4.27. The van der Waals surface area contributed by atoms with E-state index in [-0.39, 0.29) is 10.9 Å². The number of thiocarbonyl (C=S) groups is 1. The summed E-state index contributed by atoms with van der Waals surface area (Å²) in [5, 5.41) is 13.4. The largest absolute Gasteiger partial charge is 0.508 e. The van der Waals surface area contributed by atoms with Crippen LogP contribution in [0.5, 0.6) is 5.75 Å². The van der Waals surface area contributed by atoms with Crippen LogP contribution in [0.1, 0.15) is 18.9 Å². The number of phenols is 1. The lowest BCUT2D eigenvalue weighted by Gasteiger charge is -2.05. The van der Waals surface area contributed by atoms with Gasteiger partial charge in [-0.05, 0) is 36.3 Å². The van der Waals surface area contributed by atoms with E-state index >= 15 is 0 Å². The molecule has 4 nitrogen and oxygen atoms in total. The van der Waals surface area contributed by atoms with Gasteiger partial charge in [-0.15, -0.1) is 0 Å². The first kappa shape index (κ1) is 12.4. The van der Waals surface area contributed by atoms with Gasteiger partial charge in [0.15, 0.2) is 5.11 Å². The number of nitrogens with two attached hydrogens (primary N) is 1. The summed E-state index contributed by atoms with van der Waals surface area (Å²) in [7, 11) is 0. The minimum Gasteiger partial charge on any atom is -0.508 e. The number of benzene rings is 1. The molecule has 0 unspecified atom stereocenters. The van der Waals surface area contributed by atoms with Gasteiger partial charge in [0, 0.05) is 12.1 Å². The summed E-state index contributed by atoms with van der Waals surface area (Å²) in [4.78, 5) is 0. The van der Waals surface area contributed by atoms with Gasteiger partial charge >= 0.3 is 0 Å². The molecule has 0 atom stereocenters. The average molecular weight is 237 g/mol. The third-order valence-corrected chi connectivity index (χ3v) is 2.17. The van der Waals surface area contributed by atoms with Crippen molar-refractivity contribution >= 4 is 23.0 Å². The summed E-state index contributed by atoms with van der Waals surface area (Å²) >= 11 is 4.67. The van der Waals surface area contributed by atoms with Crippen molar-refractivity contribution in [2.45, 2.75) is 19.8 Å². The van der Waals surface area contributed by atoms with Crippen molar-refractivity contribution in [3.05, 3.63) is 29.8 Å². The predicted octanol–water partition coefficient (Wildman–Crippen LogP) is 1.53. The molecule has 86 valence electrons. The predicted molar refractivity (Wildman–Crippen MR) is 69.5 cm³/mol. The Kier molecular flexibility index (Phi) is 4.72. The van der Waals surface area contributed by atoms with Crippen LogP contribution in [0.3, 0.4) is 0 Å². The maximum Gasteiger partial charge on any atom is 0.184 e. The summed E-state index contributed by atoms with van der Waals surface area (Å²) in [5.74, 6) is 0.264. The molecule has 0 amide bonds. The zero-order chi connectivity index (χ0) is 12.0.